The fourth-order valence-electron chi connectivity index (χ4n) is 8.51. The fourth-order valence-corrected chi connectivity index (χ4v) is 24.2. The van der Waals surface area contributed by atoms with Crippen molar-refractivity contribution in [1.29, 1.82) is 0 Å². The van der Waals surface area contributed by atoms with Crippen LogP contribution in [0.4, 0.5) is 342 Å². The summed E-state index contributed by atoms with van der Waals surface area (Å²) < 4.78 is 1030. The van der Waals surface area contributed by atoms with Gasteiger partial charge in [0.15, 0.2) is 0 Å². The van der Waals surface area contributed by atoms with E-state index in [-0.39, 0.29) is 0 Å². The second kappa shape index (κ2) is 34.7. The van der Waals surface area contributed by atoms with Crippen molar-refractivity contribution in [3.8, 4) is 0 Å². The molecular weight excluding hydrogens is 2300 g/mol. The summed E-state index contributed by atoms with van der Waals surface area (Å²) >= 11 is -13.5. The Kier molecular flexibility index (Phi) is 34.2. The number of alkyl halides is 78. The zero-order valence-corrected chi connectivity index (χ0v) is 62.7. The Labute approximate surface area is 661 Å². The average Bonchev–Trinajstić information content (AvgIpc) is 0.735. The normalized spacial score (nSPS) is 16.9. The number of rotatable bonds is 42. The SMILES string of the molecule is FC(F)(F)C(F)(F)C(F)(F)C(F)(F)C(F)(F)C(F)(F)C[CH2][Sn]([CH2]CC(F)(F)C(F)(F)C(F)(F)C(F)(F)C(F)(F)C(F)(F)F)[CH2]CC(F)(F)C(F)(F)C(F)(F)C(F)(F)C(F)(F)C(F)(F)F.FC(F)(F)C(F)(F)C(F)(F)C(F)(F)C(F)(F)C(F)(F)C[CH2][Sn]([CH2]CC(F)(F)C(F)(F)C(F)(F)C(F)(F)C(F)(F)C(F)(F)F)[CH2]CC(F)(F)C(F)(F)C(F)(F)C(F)(F)C(F)(F)C(F)(F)F. The van der Waals surface area contributed by atoms with Crippen molar-refractivity contribution in [1.82, 2.24) is 0 Å². The first-order valence-electron chi connectivity index (χ1n) is 29.5. The van der Waals surface area contributed by atoms with E-state index in [1.807, 2.05) is 0 Å². The van der Waals surface area contributed by atoms with Crippen molar-refractivity contribution >= 4 is 39.5 Å². The van der Waals surface area contributed by atoms with Crippen LogP contribution in [-0.2, 0) is 0 Å². The summed E-state index contributed by atoms with van der Waals surface area (Å²) in [6.07, 6.45) is -72.2. The van der Waals surface area contributed by atoms with E-state index in [0.29, 0.717) is 0 Å². The van der Waals surface area contributed by atoms with Crippen LogP contribution < -0.4 is 0 Å². The van der Waals surface area contributed by atoms with E-state index in [1.165, 1.54) is 0 Å². The molecule has 0 unspecified atom stereocenters. The molecule has 0 bridgehead atoms. The van der Waals surface area contributed by atoms with Gasteiger partial charge in [0.25, 0.3) is 0 Å². The van der Waals surface area contributed by atoms with Gasteiger partial charge in [-0.25, -0.2) is 0 Å². The molecule has 0 rings (SSSR count). The Morgan fingerprint density at radius 3 is 0.211 bits per heavy atom. The van der Waals surface area contributed by atoms with Crippen LogP contribution in [0.1, 0.15) is 38.5 Å². The molecule has 0 saturated carbocycles. The van der Waals surface area contributed by atoms with Crippen molar-refractivity contribution in [3.63, 3.8) is 0 Å². The predicted molar refractivity (Wildman–Crippen MR) is 253 cm³/mol. The molecule has 0 fully saturated rings. The summed E-state index contributed by atoms with van der Waals surface area (Å²) in [5, 5.41) is 0. The molecule has 0 heterocycles. The minimum absolute atomic E-state index is 3.09. The first-order valence-corrected chi connectivity index (χ1v) is 41.6. The van der Waals surface area contributed by atoms with Crippen LogP contribution in [0.3, 0.4) is 0 Å². The molecule has 0 nitrogen and oxygen atoms in total. The summed E-state index contributed by atoms with van der Waals surface area (Å²) in [7, 11) is 0. The van der Waals surface area contributed by atoms with Gasteiger partial charge in [0, 0.05) is 0 Å². The topological polar surface area (TPSA) is 0 Å². The Morgan fingerprint density at radius 1 is 0.0859 bits per heavy atom. The van der Waals surface area contributed by atoms with Gasteiger partial charge in [0.05, 0.1) is 0 Å². The predicted octanol–water partition coefficient (Wildman–Crippen LogP) is 29.7. The number of halogens is 78. The van der Waals surface area contributed by atoms with Crippen LogP contribution >= 0.6 is 0 Å². The molecule has 2 radical (unpaired) electrons. The van der Waals surface area contributed by atoms with Gasteiger partial charge in [-0.1, -0.05) is 0 Å². The third-order valence-corrected chi connectivity index (χ3v) is 33.1. The summed E-state index contributed by atoms with van der Waals surface area (Å²) in [6.45, 7) is 0. The Morgan fingerprint density at radius 2 is 0.148 bits per heavy atom. The third kappa shape index (κ3) is 19.6. The molecule has 0 N–H and O–H groups in total. The van der Waals surface area contributed by atoms with Gasteiger partial charge < -0.3 is 0 Å². The molecule has 128 heavy (non-hydrogen) atoms. The van der Waals surface area contributed by atoms with Gasteiger partial charge in [0.1, 0.15) is 0 Å². The minimum atomic E-state index is -8.80. The van der Waals surface area contributed by atoms with E-state index in [9.17, 15) is 342 Å². The van der Waals surface area contributed by atoms with Gasteiger partial charge >= 0.3 is 662 Å². The Bertz CT molecular complexity index is 3040. The number of hydrogen-bond donors (Lipinski definition) is 0. The van der Waals surface area contributed by atoms with E-state index < -0.39 is 319 Å². The van der Waals surface area contributed by atoms with Crippen LogP contribution in [0.2, 0.25) is 26.6 Å². The summed E-state index contributed by atoms with van der Waals surface area (Å²) in [4.78, 5) is 0. The summed E-state index contributed by atoms with van der Waals surface area (Å²) in [6, 6.07) is 0. The molecule has 0 aliphatic carbocycles. The van der Waals surface area contributed by atoms with Gasteiger partial charge in [-0.2, -0.15) is 0 Å². The first kappa shape index (κ1) is 126. The molecule has 0 spiro atoms. The molecule has 0 aromatic carbocycles. The van der Waals surface area contributed by atoms with E-state index in [4.69, 9.17) is 0 Å². The first-order chi connectivity index (χ1) is 54.1. The van der Waals surface area contributed by atoms with Gasteiger partial charge in [0.2, 0.25) is 0 Å². The van der Waals surface area contributed by atoms with Crippen molar-refractivity contribution in [2.75, 3.05) is 0 Å². The maximum atomic E-state index is 14.3. The molecule has 0 saturated heterocycles. The van der Waals surface area contributed by atoms with Crippen molar-refractivity contribution in [3.05, 3.63) is 0 Å². The Balaban J connectivity index is 0. The van der Waals surface area contributed by atoms with E-state index in [2.05, 4.69) is 0 Å². The zero-order valence-electron chi connectivity index (χ0n) is 57.0. The summed E-state index contributed by atoms with van der Waals surface area (Å²) in [5.41, 5.74) is 0. The third-order valence-electron chi connectivity index (χ3n) is 16.7. The van der Waals surface area contributed by atoms with Gasteiger partial charge in [-0.3, -0.25) is 0 Å². The van der Waals surface area contributed by atoms with E-state index in [0.717, 1.165) is 0 Å². The van der Waals surface area contributed by atoms with Gasteiger partial charge in [-0.15, -0.1) is 0 Å². The molecular formula is C48H24F78Sn2. The molecule has 0 aromatic rings. The molecule has 0 aliphatic heterocycles. The van der Waals surface area contributed by atoms with E-state index in [1.54, 1.807) is 0 Å². The van der Waals surface area contributed by atoms with Crippen LogP contribution in [0, 0.1) is 0 Å². The zero-order chi connectivity index (χ0) is 106. The van der Waals surface area contributed by atoms with Crippen molar-refractivity contribution in [2.24, 2.45) is 0 Å². The average molecular weight is 2320 g/mol. The van der Waals surface area contributed by atoms with Crippen LogP contribution in [-0.4, -0.2) is 254 Å². The molecule has 770 valence electrons. The monoisotopic (exact) mass is 2320 g/mol. The van der Waals surface area contributed by atoms with Gasteiger partial charge in [-0.05, 0) is 0 Å². The van der Waals surface area contributed by atoms with E-state index >= 15 is 0 Å². The van der Waals surface area contributed by atoms with Crippen LogP contribution in [0.25, 0.3) is 0 Å². The van der Waals surface area contributed by atoms with Crippen LogP contribution in [0.15, 0.2) is 0 Å². The quantitative estimate of drug-likeness (QED) is 0.0422. The molecule has 80 heteroatoms. The summed E-state index contributed by atoms with van der Waals surface area (Å²) in [5.74, 6) is -253. The maximum absolute atomic E-state index is 14.3. The Hall–Kier alpha value is -3.86. The molecule has 0 atom stereocenters. The van der Waals surface area contributed by atoms with Crippen molar-refractivity contribution < 1.29 is 342 Å². The number of hydrogen-bond acceptors (Lipinski definition) is 0. The molecule has 0 aliphatic rings. The fraction of sp³-hybridized carbons (Fsp3) is 1.00. The molecule has 0 amide bonds. The van der Waals surface area contributed by atoms with Crippen molar-refractivity contribution in [2.45, 2.75) is 280 Å². The standard InChI is InChI=1S/6C8H4F13.2Sn/c6*1-2-3(9,10)4(11,12)5(13,14)6(15,16)7(17,18)8(19,20)21;;/h6*1-2H2;;. The van der Waals surface area contributed by atoms with Crippen LogP contribution in [0.5, 0.6) is 0 Å². The second-order valence-electron chi connectivity index (χ2n) is 25.5. The molecule has 0 aromatic heterocycles. The second-order valence-corrected chi connectivity index (χ2v) is 42.6.